The summed E-state index contributed by atoms with van der Waals surface area (Å²) in [5.41, 5.74) is 0.539. The van der Waals surface area contributed by atoms with Gasteiger partial charge >= 0.3 is 0 Å². The van der Waals surface area contributed by atoms with Gasteiger partial charge in [-0.3, -0.25) is 9.59 Å². The number of carbonyl (C=O) groups excluding carboxylic acids is 2. The third kappa shape index (κ3) is 2.02. The number of carbonyl (C=O) groups is 2. The number of hydrogen-bond acceptors (Lipinski definition) is 4. The summed E-state index contributed by atoms with van der Waals surface area (Å²) in [6, 6.07) is 5.26. The van der Waals surface area contributed by atoms with Gasteiger partial charge in [-0.05, 0) is 24.6 Å². The first kappa shape index (κ1) is 12.5. The molecule has 6 nitrogen and oxygen atoms in total. The molecule has 0 aliphatic carbocycles. The van der Waals surface area contributed by atoms with Crippen molar-refractivity contribution in [2.24, 2.45) is 5.41 Å². The Morgan fingerprint density at radius 1 is 1.29 bits per heavy atom. The highest BCUT2D eigenvalue weighted by Gasteiger charge is 2.45. The van der Waals surface area contributed by atoms with Gasteiger partial charge in [0, 0.05) is 37.0 Å². The van der Waals surface area contributed by atoms with Crippen molar-refractivity contribution in [1.82, 2.24) is 10.2 Å². The van der Waals surface area contributed by atoms with Crippen molar-refractivity contribution in [2.45, 2.75) is 12.8 Å². The van der Waals surface area contributed by atoms with Gasteiger partial charge in [0.2, 0.25) is 12.7 Å². The molecule has 2 saturated heterocycles. The van der Waals surface area contributed by atoms with Crippen molar-refractivity contribution < 1.29 is 19.1 Å². The zero-order chi connectivity index (χ0) is 14.4. The lowest BCUT2D eigenvalue weighted by Crippen LogP contribution is -2.33. The van der Waals surface area contributed by atoms with Crippen LogP contribution in [0.15, 0.2) is 18.2 Å². The number of ether oxygens (including phenoxy) is 2. The van der Waals surface area contributed by atoms with Gasteiger partial charge < -0.3 is 19.7 Å². The molecule has 1 atom stereocenters. The van der Waals surface area contributed by atoms with Gasteiger partial charge in [-0.15, -0.1) is 0 Å². The van der Waals surface area contributed by atoms with E-state index in [0.717, 1.165) is 6.42 Å². The van der Waals surface area contributed by atoms with Crippen LogP contribution in [0.5, 0.6) is 11.5 Å². The molecule has 21 heavy (non-hydrogen) atoms. The van der Waals surface area contributed by atoms with Gasteiger partial charge in [-0.2, -0.15) is 0 Å². The minimum atomic E-state index is -0.0664. The highest BCUT2D eigenvalue weighted by Crippen LogP contribution is 2.38. The summed E-state index contributed by atoms with van der Waals surface area (Å²) >= 11 is 0. The molecule has 1 unspecified atom stereocenters. The van der Waals surface area contributed by atoms with Gasteiger partial charge in [0.25, 0.3) is 5.91 Å². The zero-order valence-corrected chi connectivity index (χ0v) is 11.6. The lowest BCUT2D eigenvalue weighted by atomic mass is 9.86. The summed E-state index contributed by atoms with van der Waals surface area (Å²) in [7, 11) is 0. The van der Waals surface area contributed by atoms with Crippen molar-refractivity contribution >= 4 is 11.8 Å². The van der Waals surface area contributed by atoms with E-state index in [1.165, 1.54) is 0 Å². The molecule has 0 radical (unpaired) electrons. The summed E-state index contributed by atoms with van der Waals surface area (Å²) in [4.78, 5) is 25.9. The zero-order valence-electron chi connectivity index (χ0n) is 11.6. The second-order valence-corrected chi connectivity index (χ2v) is 6.00. The molecule has 1 N–H and O–H groups in total. The lowest BCUT2D eigenvalue weighted by molar-refractivity contribution is -0.119. The van der Waals surface area contributed by atoms with E-state index < -0.39 is 0 Å². The molecule has 1 aromatic carbocycles. The maximum atomic E-state index is 12.6. The molecule has 6 heteroatoms. The highest BCUT2D eigenvalue weighted by molar-refractivity contribution is 5.95. The van der Waals surface area contributed by atoms with E-state index in [9.17, 15) is 9.59 Å². The molecule has 4 rings (SSSR count). The maximum Gasteiger partial charge on any atom is 0.254 e. The Bertz CT molecular complexity index is 630. The Morgan fingerprint density at radius 3 is 2.95 bits per heavy atom. The Kier molecular flexibility index (Phi) is 2.60. The van der Waals surface area contributed by atoms with Crippen molar-refractivity contribution in [2.75, 3.05) is 26.4 Å². The van der Waals surface area contributed by atoms with Crippen LogP contribution in [-0.4, -0.2) is 43.1 Å². The van der Waals surface area contributed by atoms with Crippen LogP contribution in [-0.2, 0) is 4.79 Å². The molecule has 3 aliphatic heterocycles. The normalized spacial score (nSPS) is 26.5. The molecule has 3 heterocycles. The lowest BCUT2D eigenvalue weighted by Gasteiger charge is -2.21. The van der Waals surface area contributed by atoms with Crippen LogP contribution in [0, 0.1) is 5.41 Å². The Hall–Kier alpha value is -2.24. The molecular weight excluding hydrogens is 272 g/mol. The monoisotopic (exact) mass is 288 g/mol. The van der Waals surface area contributed by atoms with E-state index in [1.807, 2.05) is 4.90 Å². The average Bonchev–Trinajstić information content (AvgIpc) is 3.19. The van der Waals surface area contributed by atoms with Crippen molar-refractivity contribution in [3.8, 4) is 11.5 Å². The number of benzene rings is 1. The van der Waals surface area contributed by atoms with E-state index in [2.05, 4.69) is 5.32 Å². The largest absolute Gasteiger partial charge is 0.454 e. The van der Waals surface area contributed by atoms with Gasteiger partial charge in [-0.25, -0.2) is 0 Å². The molecule has 1 spiro atoms. The molecule has 110 valence electrons. The molecule has 1 aromatic rings. The van der Waals surface area contributed by atoms with E-state index in [0.29, 0.717) is 43.1 Å². The predicted molar refractivity (Wildman–Crippen MR) is 73.1 cm³/mol. The minimum absolute atomic E-state index is 0.00970. The fourth-order valence-electron chi connectivity index (χ4n) is 3.36. The van der Waals surface area contributed by atoms with E-state index in [4.69, 9.17) is 9.47 Å². The summed E-state index contributed by atoms with van der Waals surface area (Å²) in [6.45, 7) is 2.21. The number of rotatable bonds is 1. The van der Waals surface area contributed by atoms with Gasteiger partial charge in [0.05, 0.1) is 0 Å². The minimum Gasteiger partial charge on any atom is -0.454 e. The number of fused-ring (bicyclic) bond motifs is 1. The van der Waals surface area contributed by atoms with E-state index in [-0.39, 0.29) is 24.0 Å². The van der Waals surface area contributed by atoms with Crippen LogP contribution in [0.25, 0.3) is 0 Å². The summed E-state index contributed by atoms with van der Waals surface area (Å²) in [5, 5.41) is 2.87. The summed E-state index contributed by atoms with van der Waals surface area (Å²) in [6.07, 6.45) is 1.40. The average molecular weight is 288 g/mol. The van der Waals surface area contributed by atoms with Crippen LogP contribution in [0.3, 0.4) is 0 Å². The van der Waals surface area contributed by atoms with Crippen LogP contribution in [0.2, 0.25) is 0 Å². The standard InChI is InChI=1S/C15H16N2O4/c18-13-6-15(7-16-13)3-4-17(8-15)14(19)10-1-2-11-12(5-10)21-9-20-11/h1-2,5H,3-4,6-9H2,(H,16,18). The number of hydrogen-bond donors (Lipinski definition) is 1. The Morgan fingerprint density at radius 2 is 2.14 bits per heavy atom. The second-order valence-electron chi connectivity index (χ2n) is 6.00. The van der Waals surface area contributed by atoms with Crippen molar-refractivity contribution in [3.63, 3.8) is 0 Å². The van der Waals surface area contributed by atoms with E-state index >= 15 is 0 Å². The fraction of sp³-hybridized carbons (Fsp3) is 0.467. The third-order valence-electron chi connectivity index (χ3n) is 4.54. The van der Waals surface area contributed by atoms with Crippen LogP contribution in [0.1, 0.15) is 23.2 Å². The quantitative estimate of drug-likeness (QED) is 0.828. The topological polar surface area (TPSA) is 67.9 Å². The first-order valence-electron chi connectivity index (χ1n) is 7.11. The first-order chi connectivity index (χ1) is 10.2. The predicted octanol–water partition coefficient (Wildman–Crippen LogP) is 0.768. The smallest absolute Gasteiger partial charge is 0.254 e. The number of amides is 2. The van der Waals surface area contributed by atoms with Crippen LogP contribution >= 0.6 is 0 Å². The summed E-state index contributed by atoms with van der Waals surface area (Å²) in [5.74, 6) is 1.37. The second kappa shape index (κ2) is 4.38. The van der Waals surface area contributed by atoms with Crippen molar-refractivity contribution in [3.05, 3.63) is 23.8 Å². The summed E-state index contributed by atoms with van der Waals surface area (Å²) < 4.78 is 10.6. The van der Waals surface area contributed by atoms with Crippen LogP contribution in [0.4, 0.5) is 0 Å². The molecule has 2 amide bonds. The first-order valence-corrected chi connectivity index (χ1v) is 7.11. The molecule has 2 fully saturated rings. The molecular formula is C15H16N2O4. The molecule has 0 aromatic heterocycles. The number of nitrogens with zero attached hydrogens (tertiary/aromatic N) is 1. The molecule has 3 aliphatic rings. The van der Waals surface area contributed by atoms with Gasteiger partial charge in [-0.1, -0.05) is 0 Å². The maximum absolute atomic E-state index is 12.6. The molecule has 0 bridgehead atoms. The van der Waals surface area contributed by atoms with Gasteiger partial charge in [0.15, 0.2) is 11.5 Å². The fourth-order valence-corrected chi connectivity index (χ4v) is 3.36. The SMILES string of the molecule is O=C1CC2(CCN(C(=O)c3ccc4c(c3)OCO4)C2)CN1. The highest BCUT2D eigenvalue weighted by atomic mass is 16.7. The molecule has 0 saturated carbocycles. The van der Waals surface area contributed by atoms with Crippen LogP contribution < -0.4 is 14.8 Å². The number of nitrogens with one attached hydrogen (secondary N) is 1. The van der Waals surface area contributed by atoms with E-state index in [1.54, 1.807) is 18.2 Å². The Balaban J connectivity index is 1.52. The third-order valence-corrected chi connectivity index (χ3v) is 4.54. The Labute approximate surface area is 122 Å². The number of likely N-dealkylation sites (tertiary alicyclic amines) is 1. The van der Waals surface area contributed by atoms with Crippen molar-refractivity contribution in [1.29, 1.82) is 0 Å². The van der Waals surface area contributed by atoms with Gasteiger partial charge in [0.1, 0.15) is 0 Å².